The minimum absolute atomic E-state index is 0.0919. The molecule has 0 unspecified atom stereocenters. The van der Waals surface area contributed by atoms with E-state index in [9.17, 15) is 9.90 Å². The number of pyridine rings is 1. The van der Waals surface area contributed by atoms with Gasteiger partial charge in [0.25, 0.3) is 0 Å². The van der Waals surface area contributed by atoms with Crippen molar-refractivity contribution in [2.75, 3.05) is 0 Å². The molecule has 3 rings (SSSR count). The lowest BCUT2D eigenvalue weighted by Crippen LogP contribution is -2.36. The van der Waals surface area contributed by atoms with Crippen LogP contribution in [0.25, 0.3) is 11.3 Å². The predicted octanol–water partition coefficient (Wildman–Crippen LogP) is 4.28. The molecule has 0 saturated carbocycles. The zero-order valence-corrected chi connectivity index (χ0v) is 18.1. The van der Waals surface area contributed by atoms with E-state index >= 15 is 0 Å². The van der Waals surface area contributed by atoms with Crippen LogP contribution in [0, 0.1) is 19.3 Å². The molecular formula is C23H30N4O2. The lowest BCUT2D eigenvalue weighted by Gasteiger charge is -2.38. The maximum absolute atomic E-state index is 11.7. The number of benzene rings is 1. The lowest BCUT2D eigenvalue weighted by molar-refractivity contribution is 0.164. The van der Waals surface area contributed by atoms with Gasteiger partial charge in [-0.1, -0.05) is 43.3 Å². The number of hydrogen-bond donors (Lipinski definition) is 1. The Morgan fingerprint density at radius 2 is 1.76 bits per heavy atom. The number of aromatic nitrogens is 4. The molecule has 1 aromatic carbocycles. The van der Waals surface area contributed by atoms with E-state index < -0.39 is 0 Å². The van der Waals surface area contributed by atoms with Crippen molar-refractivity contribution >= 4 is 0 Å². The summed E-state index contributed by atoms with van der Waals surface area (Å²) < 4.78 is 3.87. The largest absolute Gasteiger partial charge is 0.503 e. The maximum Gasteiger partial charge on any atom is 0.223 e. The van der Waals surface area contributed by atoms with Crippen molar-refractivity contribution in [2.45, 2.75) is 60.0 Å². The molecule has 6 heteroatoms. The fraction of sp³-hybridized carbons (Fsp3) is 0.435. The Morgan fingerprint density at radius 1 is 1.07 bits per heavy atom. The molecule has 0 fully saturated rings. The topological polar surface area (TPSA) is 72.9 Å². The summed E-state index contributed by atoms with van der Waals surface area (Å²) in [6, 6.07) is 9.58. The van der Waals surface area contributed by atoms with Crippen molar-refractivity contribution in [1.82, 2.24) is 19.6 Å². The fourth-order valence-electron chi connectivity index (χ4n) is 4.39. The Labute approximate surface area is 171 Å². The summed E-state index contributed by atoms with van der Waals surface area (Å²) in [6.45, 7) is 13.2. The van der Waals surface area contributed by atoms with Crippen LogP contribution in [0.3, 0.4) is 0 Å². The summed E-state index contributed by atoms with van der Waals surface area (Å²) in [4.78, 5) is 11.7. The van der Waals surface area contributed by atoms with E-state index in [2.05, 4.69) is 57.1 Å². The molecule has 6 nitrogen and oxygen atoms in total. The first-order chi connectivity index (χ1) is 13.5. The van der Waals surface area contributed by atoms with Crippen molar-refractivity contribution in [3.63, 3.8) is 0 Å². The molecule has 0 radical (unpaired) electrons. The van der Waals surface area contributed by atoms with Crippen molar-refractivity contribution < 1.29 is 5.11 Å². The lowest BCUT2D eigenvalue weighted by atomic mass is 9.79. The van der Waals surface area contributed by atoms with Gasteiger partial charge >= 0.3 is 0 Å². The molecule has 2 heterocycles. The number of aryl methyl sites for hydroxylation is 1. The highest BCUT2D eigenvalue weighted by Crippen LogP contribution is 2.35. The highest BCUT2D eigenvalue weighted by Gasteiger charge is 2.32. The molecule has 0 saturated heterocycles. The van der Waals surface area contributed by atoms with Crippen molar-refractivity contribution in [1.29, 1.82) is 0 Å². The molecule has 0 spiro atoms. The quantitative estimate of drug-likeness (QED) is 0.677. The van der Waals surface area contributed by atoms with E-state index in [4.69, 9.17) is 0 Å². The van der Waals surface area contributed by atoms with Gasteiger partial charge in [0, 0.05) is 29.9 Å². The van der Waals surface area contributed by atoms with Gasteiger partial charge in [0.1, 0.15) is 5.69 Å². The van der Waals surface area contributed by atoms with Crippen molar-refractivity contribution in [3.8, 4) is 17.0 Å². The van der Waals surface area contributed by atoms with Crippen LogP contribution in [0.15, 0.2) is 47.5 Å². The van der Waals surface area contributed by atoms with Crippen LogP contribution in [0.5, 0.6) is 5.75 Å². The molecular weight excluding hydrogens is 364 g/mol. The van der Waals surface area contributed by atoms with E-state index in [-0.39, 0.29) is 22.1 Å². The van der Waals surface area contributed by atoms with E-state index in [0.717, 1.165) is 17.7 Å². The average Bonchev–Trinajstić information content (AvgIpc) is 3.06. The first-order valence-electron chi connectivity index (χ1n) is 9.88. The number of nitrogens with zero attached hydrogens (tertiary/aromatic N) is 4. The second-order valence-corrected chi connectivity index (χ2v) is 9.25. The minimum Gasteiger partial charge on any atom is -0.503 e. The van der Waals surface area contributed by atoms with Gasteiger partial charge in [-0.2, -0.15) is 0 Å². The molecule has 2 aromatic heterocycles. The molecule has 0 atom stereocenters. The zero-order valence-electron chi connectivity index (χ0n) is 18.1. The fourth-order valence-corrected chi connectivity index (χ4v) is 4.39. The van der Waals surface area contributed by atoms with Gasteiger partial charge in [0.15, 0.2) is 5.75 Å². The standard InChI is InChI=1S/C23H30N4O2/c1-16-9-7-8-10-18(16)19-13-26(25-24-19)15-22(3,4)14-23(5,6)27-12-11-20(28)21(29)17(27)2/h7-13,29H,14-15H2,1-6H3. The molecule has 0 aliphatic heterocycles. The van der Waals surface area contributed by atoms with E-state index in [1.165, 1.54) is 11.6 Å². The molecule has 0 bridgehead atoms. The van der Waals surface area contributed by atoms with Crippen LogP contribution in [0.2, 0.25) is 0 Å². The minimum atomic E-state index is -0.347. The Bertz CT molecular complexity index is 1080. The molecule has 0 aliphatic rings. The average molecular weight is 395 g/mol. The summed E-state index contributed by atoms with van der Waals surface area (Å²) in [7, 11) is 0. The van der Waals surface area contributed by atoms with Gasteiger partial charge < -0.3 is 9.67 Å². The van der Waals surface area contributed by atoms with Crippen LogP contribution in [-0.4, -0.2) is 24.7 Å². The van der Waals surface area contributed by atoms with Gasteiger partial charge in [0.05, 0.1) is 11.9 Å². The Hall–Kier alpha value is -2.89. The number of aromatic hydroxyl groups is 1. The number of rotatable bonds is 6. The first kappa shape index (κ1) is 20.8. The van der Waals surface area contributed by atoms with Gasteiger partial charge in [-0.3, -0.25) is 9.48 Å². The predicted molar refractivity (Wildman–Crippen MR) is 115 cm³/mol. The van der Waals surface area contributed by atoms with Gasteiger partial charge in [-0.25, -0.2) is 0 Å². The third-order valence-electron chi connectivity index (χ3n) is 5.43. The maximum atomic E-state index is 11.7. The van der Waals surface area contributed by atoms with Crippen LogP contribution in [-0.2, 0) is 12.1 Å². The SMILES string of the molecule is Cc1ccccc1-c1cn(CC(C)(C)CC(C)(C)n2ccc(=O)c(O)c2C)nn1. The summed E-state index contributed by atoms with van der Waals surface area (Å²) >= 11 is 0. The second kappa shape index (κ2) is 7.50. The summed E-state index contributed by atoms with van der Waals surface area (Å²) in [5.74, 6) is -0.183. The van der Waals surface area contributed by atoms with Gasteiger partial charge in [-0.15, -0.1) is 5.10 Å². The van der Waals surface area contributed by atoms with Gasteiger partial charge in [-0.05, 0) is 45.1 Å². The Morgan fingerprint density at radius 3 is 2.45 bits per heavy atom. The Kier molecular flexibility index (Phi) is 5.39. The summed E-state index contributed by atoms with van der Waals surface area (Å²) in [5, 5.41) is 18.8. The van der Waals surface area contributed by atoms with Crippen molar-refractivity contribution in [2.24, 2.45) is 5.41 Å². The molecule has 0 aliphatic carbocycles. The van der Waals surface area contributed by atoms with E-state index in [1.807, 2.05) is 27.6 Å². The number of hydrogen-bond acceptors (Lipinski definition) is 4. The smallest absolute Gasteiger partial charge is 0.223 e. The molecule has 3 aromatic rings. The van der Waals surface area contributed by atoms with E-state index in [1.54, 1.807) is 13.1 Å². The Balaban J connectivity index is 1.81. The highest BCUT2D eigenvalue weighted by molar-refractivity contribution is 5.61. The highest BCUT2D eigenvalue weighted by atomic mass is 16.3. The third kappa shape index (κ3) is 4.42. The third-order valence-corrected chi connectivity index (χ3v) is 5.43. The summed E-state index contributed by atoms with van der Waals surface area (Å²) in [6.07, 6.45) is 4.58. The van der Waals surface area contributed by atoms with Crippen LogP contribution in [0.1, 0.15) is 45.4 Å². The normalized spacial score (nSPS) is 12.3. The summed E-state index contributed by atoms with van der Waals surface area (Å²) in [5.41, 5.74) is 2.99. The molecule has 154 valence electrons. The van der Waals surface area contributed by atoms with Crippen LogP contribution < -0.4 is 5.43 Å². The molecule has 29 heavy (non-hydrogen) atoms. The van der Waals surface area contributed by atoms with Gasteiger partial charge in [0.2, 0.25) is 5.43 Å². The van der Waals surface area contributed by atoms with Crippen molar-refractivity contribution in [3.05, 3.63) is 64.2 Å². The first-order valence-corrected chi connectivity index (χ1v) is 9.88. The zero-order chi connectivity index (χ0) is 21.4. The molecule has 1 N–H and O–H groups in total. The van der Waals surface area contributed by atoms with Crippen LogP contribution in [0.4, 0.5) is 0 Å². The monoisotopic (exact) mass is 394 g/mol. The van der Waals surface area contributed by atoms with Crippen LogP contribution >= 0.6 is 0 Å². The molecule has 0 amide bonds. The van der Waals surface area contributed by atoms with E-state index in [0.29, 0.717) is 12.2 Å². The second-order valence-electron chi connectivity index (χ2n) is 9.25.